The molecule has 1 aliphatic rings. The summed E-state index contributed by atoms with van der Waals surface area (Å²) in [7, 11) is 0. The summed E-state index contributed by atoms with van der Waals surface area (Å²) in [5.74, 6) is 2.61. The highest BCUT2D eigenvalue weighted by Crippen LogP contribution is 2.22. The van der Waals surface area contributed by atoms with Crippen molar-refractivity contribution in [2.75, 3.05) is 5.75 Å². The van der Waals surface area contributed by atoms with E-state index in [1.165, 1.54) is 12.8 Å². The summed E-state index contributed by atoms with van der Waals surface area (Å²) in [6.45, 7) is 11.3. The van der Waals surface area contributed by atoms with Gasteiger partial charge in [0, 0.05) is 11.8 Å². The molecule has 1 rings (SSSR count). The van der Waals surface area contributed by atoms with Gasteiger partial charge in [-0.2, -0.15) is 0 Å². The maximum absolute atomic E-state index is 4.73. The minimum atomic E-state index is 0.517. The minimum Gasteiger partial charge on any atom is -0.362 e. The van der Waals surface area contributed by atoms with E-state index in [0.717, 1.165) is 16.8 Å². The molecule has 0 bridgehead atoms. The van der Waals surface area contributed by atoms with Gasteiger partial charge in [-0.1, -0.05) is 45.9 Å². The van der Waals surface area contributed by atoms with Crippen LogP contribution in [0, 0.1) is 11.8 Å². The standard InChI is InChI=1S/C13H26N2S/c1-6-10(4)7-11(5)14-13-15-12(8-16-13)9(2)3/h9-12H,6-8H2,1-5H3,(H,14,15)/t10?,11?,12-/m1/s1. The highest BCUT2D eigenvalue weighted by Gasteiger charge is 2.22. The van der Waals surface area contributed by atoms with Crippen LogP contribution in [0.4, 0.5) is 0 Å². The third-order valence-electron chi connectivity index (χ3n) is 3.27. The van der Waals surface area contributed by atoms with E-state index in [0.29, 0.717) is 18.0 Å². The largest absolute Gasteiger partial charge is 0.362 e. The fourth-order valence-electron chi connectivity index (χ4n) is 1.85. The molecule has 16 heavy (non-hydrogen) atoms. The van der Waals surface area contributed by atoms with Gasteiger partial charge < -0.3 is 5.32 Å². The first kappa shape index (κ1) is 13.9. The van der Waals surface area contributed by atoms with Crippen molar-refractivity contribution < 1.29 is 0 Å². The normalized spacial score (nSPS) is 24.4. The molecule has 0 aromatic carbocycles. The van der Waals surface area contributed by atoms with Gasteiger partial charge >= 0.3 is 0 Å². The second-order valence-corrected chi connectivity index (χ2v) is 6.36. The van der Waals surface area contributed by atoms with Gasteiger partial charge in [0.15, 0.2) is 5.17 Å². The number of amidine groups is 1. The van der Waals surface area contributed by atoms with Crippen LogP contribution in [0.15, 0.2) is 4.99 Å². The van der Waals surface area contributed by atoms with Crippen molar-refractivity contribution in [1.29, 1.82) is 0 Å². The summed E-state index contributed by atoms with van der Waals surface area (Å²) >= 11 is 1.88. The van der Waals surface area contributed by atoms with Crippen LogP contribution in [-0.2, 0) is 0 Å². The summed E-state index contributed by atoms with van der Waals surface area (Å²) < 4.78 is 0. The van der Waals surface area contributed by atoms with Crippen LogP contribution >= 0.6 is 11.8 Å². The summed E-state index contributed by atoms with van der Waals surface area (Å²) in [6, 6.07) is 1.07. The third kappa shape index (κ3) is 4.36. The Hall–Kier alpha value is -0.180. The molecule has 2 unspecified atom stereocenters. The second kappa shape index (κ2) is 6.53. The van der Waals surface area contributed by atoms with Gasteiger partial charge in [0.2, 0.25) is 0 Å². The van der Waals surface area contributed by atoms with Gasteiger partial charge in [-0.3, -0.25) is 4.99 Å². The van der Waals surface area contributed by atoms with Crippen molar-refractivity contribution in [1.82, 2.24) is 5.32 Å². The quantitative estimate of drug-likeness (QED) is 0.797. The smallest absolute Gasteiger partial charge is 0.157 e. The lowest BCUT2D eigenvalue weighted by Crippen LogP contribution is -2.31. The van der Waals surface area contributed by atoms with E-state index in [9.17, 15) is 0 Å². The van der Waals surface area contributed by atoms with Gasteiger partial charge in [0.25, 0.3) is 0 Å². The molecular formula is C13H26N2S. The van der Waals surface area contributed by atoms with Crippen LogP contribution in [0.25, 0.3) is 0 Å². The molecule has 0 spiro atoms. The van der Waals surface area contributed by atoms with Crippen LogP contribution < -0.4 is 5.32 Å². The zero-order valence-corrected chi connectivity index (χ0v) is 12.1. The summed E-state index contributed by atoms with van der Waals surface area (Å²) in [4.78, 5) is 4.73. The van der Waals surface area contributed by atoms with Gasteiger partial charge in [-0.05, 0) is 25.2 Å². The molecule has 94 valence electrons. The maximum atomic E-state index is 4.73. The van der Waals surface area contributed by atoms with Crippen molar-refractivity contribution >= 4 is 16.9 Å². The van der Waals surface area contributed by atoms with E-state index in [2.05, 4.69) is 39.9 Å². The van der Waals surface area contributed by atoms with Crippen molar-refractivity contribution in [3.63, 3.8) is 0 Å². The zero-order valence-electron chi connectivity index (χ0n) is 11.3. The molecule has 0 aromatic heterocycles. The monoisotopic (exact) mass is 242 g/mol. The zero-order chi connectivity index (χ0) is 12.1. The number of nitrogens with zero attached hydrogens (tertiary/aromatic N) is 1. The highest BCUT2D eigenvalue weighted by atomic mass is 32.2. The minimum absolute atomic E-state index is 0.517. The van der Waals surface area contributed by atoms with E-state index in [1.54, 1.807) is 0 Å². The topological polar surface area (TPSA) is 24.4 Å². The van der Waals surface area contributed by atoms with E-state index in [4.69, 9.17) is 4.99 Å². The fraction of sp³-hybridized carbons (Fsp3) is 0.923. The lowest BCUT2D eigenvalue weighted by atomic mass is 10.0. The summed E-state index contributed by atoms with van der Waals surface area (Å²) in [6.07, 6.45) is 2.50. The van der Waals surface area contributed by atoms with Crippen molar-refractivity contribution in [2.24, 2.45) is 16.8 Å². The number of thioether (sulfide) groups is 1. The maximum Gasteiger partial charge on any atom is 0.157 e. The van der Waals surface area contributed by atoms with Crippen LogP contribution in [0.5, 0.6) is 0 Å². The summed E-state index contributed by atoms with van der Waals surface area (Å²) in [5, 5.41) is 4.70. The molecule has 0 aliphatic carbocycles. The number of hydrogen-bond donors (Lipinski definition) is 1. The molecular weight excluding hydrogens is 216 g/mol. The van der Waals surface area contributed by atoms with E-state index in [1.807, 2.05) is 11.8 Å². The molecule has 3 heteroatoms. The van der Waals surface area contributed by atoms with Gasteiger partial charge in [-0.25, -0.2) is 0 Å². The third-order valence-corrected chi connectivity index (χ3v) is 4.27. The molecule has 0 saturated heterocycles. The number of nitrogens with one attached hydrogen (secondary N) is 1. The van der Waals surface area contributed by atoms with Crippen LogP contribution in [0.2, 0.25) is 0 Å². The van der Waals surface area contributed by atoms with E-state index >= 15 is 0 Å². The van der Waals surface area contributed by atoms with Crippen molar-refractivity contribution in [2.45, 2.75) is 59.5 Å². The number of aliphatic imine (C=N–C) groups is 1. The Balaban J connectivity index is 2.35. The predicted octanol–water partition coefficient (Wildman–Crippen LogP) is 3.53. The molecule has 1 N–H and O–H groups in total. The Kier molecular flexibility index (Phi) is 5.67. The fourth-order valence-corrected chi connectivity index (χ4v) is 3.13. The van der Waals surface area contributed by atoms with Crippen LogP contribution in [-0.4, -0.2) is 23.0 Å². The van der Waals surface area contributed by atoms with E-state index < -0.39 is 0 Å². The molecule has 0 amide bonds. The molecule has 1 heterocycles. The Labute approximate surface area is 105 Å². The first-order valence-electron chi connectivity index (χ1n) is 6.50. The van der Waals surface area contributed by atoms with Crippen molar-refractivity contribution in [3.05, 3.63) is 0 Å². The molecule has 3 atom stereocenters. The van der Waals surface area contributed by atoms with Gasteiger partial charge in [0.05, 0.1) is 6.04 Å². The Bertz CT molecular complexity index is 238. The Morgan fingerprint density at radius 1 is 1.38 bits per heavy atom. The molecule has 0 saturated carbocycles. The Morgan fingerprint density at radius 2 is 2.06 bits per heavy atom. The Morgan fingerprint density at radius 3 is 2.56 bits per heavy atom. The molecule has 1 aliphatic heterocycles. The first-order chi connectivity index (χ1) is 7.52. The summed E-state index contributed by atoms with van der Waals surface area (Å²) in [5.41, 5.74) is 0. The number of hydrogen-bond acceptors (Lipinski definition) is 3. The van der Waals surface area contributed by atoms with Crippen LogP contribution in [0.3, 0.4) is 0 Å². The lowest BCUT2D eigenvalue weighted by Gasteiger charge is -2.17. The first-order valence-corrected chi connectivity index (χ1v) is 7.48. The van der Waals surface area contributed by atoms with Gasteiger partial charge in [0.1, 0.15) is 0 Å². The molecule has 0 aromatic rings. The molecule has 2 nitrogen and oxygen atoms in total. The van der Waals surface area contributed by atoms with Gasteiger partial charge in [-0.15, -0.1) is 0 Å². The van der Waals surface area contributed by atoms with E-state index in [-0.39, 0.29) is 0 Å². The van der Waals surface area contributed by atoms with Crippen LogP contribution in [0.1, 0.15) is 47.5 Å². The van der Waals surface area contributed by atoms with Crippen molar-refractivity contribution in [3.8, 4) is 0 Å². The SMILES string of the molecule is CCC(C)CC(C)NC1=N[C@@H](C(C)C)CS1. The highest BCUT2D eigenvalue weighted by molar-refractivity contribution is 8.14. The number of rotatable bonds is 5. The molecule has 0 radical (unpaired) electrons. The molecule has 0 fully saturated rings. The second-order valence-electron chi connectivity index (χ2n) is 5.35. The lowest BCUT2D eigenvalue weighted by molar-refractivity contribution is 0.449. The average molecular weight is 242 g/mol. The predicted molar refractivity (Wildman–Crippen MR) is 75.2 cm³/mol. The average Bonchev–Trinajstić information content (AvgIpc) is 2.65.